The van der Waals surface area contributed by atoms with Crippen molar-refractivity contribution < 1.29 is 9.59 Å². The van der Waals surface area contributed by atoms with Crippen LogP contribution in [0.5, 0.6) is 0 Å². The van der Waals surface area contributed by atoms with Crippen molar-refractivity contribution in [3.8, 4) is 0 Å². The van der Waals surface area contributed by atoms with E-state index in [9.17, 15) is 9.59 Å². The van der Waals surface area contributed by atoms with E-state index in [0.29, 0.717) is 16.3 Å². The number of aryl methyl sites for hydroxylation is 1. The van der Waals surface area contributed by atoms with Gasteiger partial charge in [0, 0.05) is 22.0 Å². The van der Waals surface area contributed by atoms with E-state index in [1.165, 1.54) is 6.92 Å². The first-order valence-electron chi connectivity index (χ1n) is 6.86. The number of hydrogen-bond donors (Lipinski definition) is 2. The monoisotopic (exact) mass is 316 g/mol. The fourth-order valence-electron chi connectivity index (χ4n) is 1.99. The minimum Gasteiger partial charge on any atom is -0.376 e. The van der Waals surface area contributed by atoms with Crippen LogP contribution in [-0.4, -0.2) is 18.2 Å². The van der Waals surface area contributed by atoms with E-state index in [2.05, 4.69) is 10.6 Å². The van der Waals surface area contributed by atoms with E-state index in [0.717, 1.165) is 11.3 Å². The quantitative estimate of drug-likeness (QED) is 0.822. The fourth-order valence-corrected chi connectivity index (χ4v) is 2.22. The fraction of sp³-hybridized carbons (Fsp3) is 0.176. The standard InChI is InChI=1S/C17H17ClN2O2/c1-11-9-14(18)5-8-16(11)19-10-17(22)20-15-6-3-13(4-7-15)12(2)21/h3-9,19H,10H2,1-2H3,(H,20,22). The summed E-state index contributed by atoms with van der Waals surface area (Å²) in [5.41, 5.74) is 3.12. The van der Waals surface area contributed by atoms with Gasteiger partial charge in [0.15, 0.2) is 5.78 Å². The molecule has 2 aromatic carbocycles. The van der Waals surface area contributed by atoms with Crippen LogP contribution in [0.4, 0.5) is 11.4 Å². The first kappa shape index (κ1) is 16.0. The van der Waals surface area contributed by atoms with E-state index in [1.807, 2.05) is 19.1 Å². The maximum absolute atomic E-state index is 11.9. The molecule has 0 aliphatic rings. The number of carbonyl (C=O) groups is 2. The van der Waals surface area contributed by atoms with E-state index in [4.69, 9.17) is 11.6 Å². The molecule has 0 spiro atoms. The molecule has 22 heavy (non-hydrogen) atoms. The molecule has 0 bridgehead atoms. The van der Waals surface area contributed by atoms with Gasteiger partial charge in [-0.15, -0.1) is 0 Å². The lowest BCUT2D eigenvalue weighted by atomic mass is 10.1. The number of ketones is 1. The third-order valence-electron chi connectivity index (χ3n) is 3.20. The van der Waals surface area contributed by atoms with Gasteiger partial charge in [-0.25, -0.2) is 0 Å². The molecular weight excluding hydrogens is 300 g/mol. The summed E-state index contributed by atoms with van der Waals surface area (Å²) in [6.07, 6.45) is 0. The van der Waals surface area contributed by atoms with Crippen molar-refractivity contribution >= 4 is 34.7 Å². The smallest absolute Gasteiger partial charge is 0.243 e. The zero-order valence-electron chi connectivity index (χ0n) is 12.4. The van der Waals surface area contributed by atoms with Gasteiger partial charge in [-0.1, -0.05) is 11.6 Å². The average molecular weight is 317 g/mol. The molecular formula is C17H17ClN2O2. The molecule has 0 aliphatic carbocycles. The number of benzene rings is 2. The summed E-state index contributed by atoms with van der Waals surface area (Å²) in [6.45, 7) is 3.58. The van der Waals surface area contributed by atoms with Crippen LogP contribution in [0.15, 0.2) is 42.5 Å². The molecule has 114 valence electrons. The Labute approximate surface area is 134 Å². The van der Waals surface area contributed by atoms with Crippen molar-refractivity contribution in [2.45, 2.75) is 13.8 Å². The van der Waals surface area contributed by atoms with Crippen LogP contribution in [0, 0.1) is 6.92 Å². The van der Waals surface area contributed by atoms with Crippen molar-refractivity contribution in [2.24, 2.45) is 0 Å². The van der Waals surface area contributed by atoms with Crippen LogP contribution in [0.3, 0.4) is 0 Å². The maximum Gasteiger partial charge on any atom is 0.243 e. The molecule has 1 amide bonds. The second kappa shape index (κ2) is 7.09. The highest BCUT2D eigenvalue weighted by atomic mass is 35.5. The Hall–Kier alpha value is -2.33. The van der Waals surface area contributed by atoms with Gasteiger partial charge < -0.3 is 10.6 Å². The Bertz CT molecular complexity index is 696. The molecule has 0 radical (unpaired) electrons. The number of hydrogen-bond acceptors (Lipinski definition) is 3. The third-order valence-corrected chi connectivity index (χ3v) is 3.44. The molecule has 0 aliphatic heterocycles. The number of anilines is 2. The topological polar surface area (TPSA) is 58.2 Å². The van der Waals surface area contributed by atoms with Crippen molar-refractivity contribution in [1.29, 1.82) is 0 Å². The molecule has 0 saturated heterocycles. The van der Waals surface area contributed by atoms with Gasteiger partial charge in [0.25, 0.3) is 0 Å². The first-order chi connectivity index (χ1) is 10.5. The summed E-state index contributed by atoms with van der Waals surface area (Å²) >= 11 is 5.89. The molecule has 2 rings (SSSR count). The highest BCUT2D eigenvalue weighted by molar-refractivity contribution is 6.30. The average Bonchev–Trinajstić information content (AvgIpc) is 2.47. The summed E-state index contributed by atoms with van der Waals surface area (Å²) in [7, 11) is 0. The summed E-state index contributed by atoms with van der Waals surface area (Å²) in [6, 6.07) is 12.2. The van der Waals surface area contributed by atoms with Gasteiger partial charge in [-0.05, 0) is 61.9 Å². The Morgan fingerprint density at radius 3 is 2.36 bits per heavy atom. The van der Waals surface area contributed by atoms with Crippen molar-refractivity contribution in [3.05, 3.63) is 58.6 Å². The van der Waals surface area contributed by atoms with Gasteiger partial charge in [0.1, 0.15) is 0 Å². The zero-order valence-corrected chi connectivity index (χ0v) is 13.2. The van der Waals surface area contributed by atoms with E-state index in [-0.39, 0.29) is 18.2 Å². The SMILES string of the molecule is CC(=O)c1ccc(NC(=O)CNc2ccc(Cl)cc2C)cc1. The molecule has 0 saturated carbocycles. The minimum atomic E-state index is -0.162. The molecule has 2 aromatic rings. The number of Topliss-reactive ketones (excluding diaryl/α,β-unsaturated/α-hetero) is 1. The third kappa shape index (κ3) is 4.33. The largest absolute Gasteiger partial charge is 0.376 e. The lowest BCUT2D eigenvalue weighted by Gasteiger charge is -2.10. The molecule has 0 unspecified atom stereocenters. The highest BCUT2D eigenvalue weighted by Gasteiger charge is 2.05. The van der Waals surface area contributed by atoms with Gasteiger partial charge in [-0.3, -0.25) is 9.59 Å². The van der Waals surface area contributed by atoms with Crippen LogP contribution in [0.1, 0.15) is 22.8 Å². The number of rotatable bonds is 5. The van der Waals surface area contributed by atoms with Crippen molar-refractivity contribution in [3.63, 3.8) is 0 Å². The number of nitrogens with one attached hydrogen (secondary N) is 2. The molecule has 4 nitrogen and oxygen atoms in total. The summed E-state index contributed by atoms with van der Waals surface area (Å²) in [4.78, 5) is 23.1. The van der Waals surface area contributed by atoms with Crippen molar-refractivity contribution in [1.82, 2.24) is 0 Å². The summed E-state index contributed by atoms with van der Waals surface area (Å²) < 4.78 is 0. The Kier molecular flexibility index (Phi) is 5.17. The van der Waals surface area contributed by atoms with Gasteiger partial charge in [0.05, 0.1) is 6.54 Å². The van der Waals surface area contributed by atoms with Crippen molar-refractivity contribution in [2.75, 3.05) is 17.2 Å². The second-order valence-electron chi connectivity index (χ2n) is 4.99. The van der Waals surface area contributed by atoms with Crippen LogP contribution < -0.4 is 10.6 Å². The highest BCUT2D eigenvalue weighted by Crippen LogP contribution is 2.19. The molecule has 0 heterocycles. The predicted octanol–water partition coefficient (Wildman–Crippen LogP) is 3.90. The summed E-state index contributed by atoms with van der Waals surface area (Å²) in [5, 5.41) is 6.50. The molecule has 0 atom stereocenters. The Morgan fingerprint density at radius 1 is 1.09 bits per heavy atom. The molecule has 0 fully saturated rings. The van der Waals surface area contributed by atoms with Gasteiger partial charge in [0.2, 0.25) is 5.91 Å². The Morgan fingerprint density at radius 2 is 1.77 bits per heavy atom. The molecule has 0 aromatic heterocycles. The number of amides is 1. The van der Waals surface area contributed by atoms with Crippen LogP contribution in [0.2, 0.25) is 5.02 Å². The predicted molar refractivity (Wildman–Crippen MR) is 89.8 cm³/mol. The normalized spacial score (nSPS) is 10.1. The molecule has 2 N–H and O–H groups in total. The van der Waals surface area contributed by atoms with Gasteiger partial charge >= 0.3 is 0 Å². The lowest BCUT2D eigenvalue weighted by molar-refractivity contribution is -0.114. The minimum absolute atomic E-state index is 0.00208. The van der Waals surface area contributed by atoms with Crippen LogP contribution >= 0.6 is 11.6 Å². The zero-order chi connectivity index (χ0) is 16.1. The summed E-state index contributed by atoms with van der Waals surface area (Å²) in [5.74, 6) is -0.164. The van der Waals surface area contributed by atoms with Gasteiger partial charge in [-0.2, -0.15) is 0 Å². The van der Waals surface area contributed by atoms with E-state index in [1.54, 1.807) is 30.3 Å². The van der Waals surface area contributed by atoms with Crippen LogP contribution in [-0.2, 0) is 4.79 Å². The van der Waals surface area contributed by atoms with E-state index >= 15 is 0 Å². The number of halogens is 1. The van der Waals surface area contributed by atoms with Crippen LogP contribution in [0.25, 0.3) is 0 Å². The Balaban J connectivity index is 1.91. The number of carbonyl (C=O) groups excluding carboxylic acids is 2. The maximum atomic E-state index is 11.9. The first-order valence-corrected chi connectivity index (χ1v) is 7.24. The van der Waals surface area contributed by atoms with E-state index < -0.39 is 0 Å². The lowest BCUT2D eigenvalue weighted by Crippen LogP contribution is -2.22. The second-order valence-corrected chi connectivity index (χ2v) is 5.43. The molecule has 5 heteroatoms.